The maximum atomic E-state index is 12.6. The van der Waals surface area contributed by atoms with Gasteiger partial charge in [0.2, 0.25) is 10.0 Å². The number of nitro groups is 1. The van der Waals surface area contributed by atoms with Gasteiger partial charge in [0.15, 0.2) is 0 Å². The van der Waals surface area contributed by atoms with Crippen LogP contribution in [0.4, 0.5) is 5.69 Å². The molecule has 0 spiro atoms. The van der Waals surface area contributed by atoms with E-state index in [1.807, 2.05) is 0 Å². The van der Waals surface area contributed by atoms with Crippen molar-refractivity contribution in [1.29, 1.82) is 0 Å². The highest BCUT2D eigenvalue weighted by Gasteiger charge is 2.29. The minimum Gasteiger partial charge on any atom is -0.263 e. The molecule has 0 fully saturated rings. The van der Waals surface area contributed by atoms with Gasteiger partial charge < -0.3 is 0 Å². The SMILES string of the molecule is O=[N+]([O-])c1ccc2c(c1)CN(S(=O)(=O)c1cccnc1)CC2. The second-order valence-electron chi connectivity index (χ2n) is 4.99. The Kier molecular flexibility index (Phi) is 3.63. The van der Waals surface area contributed by atoms with Crippen molar-refractivity contribution in [3.05, 3.63) is 64.0 Å². The summed E-state index contributed by atoms with van der Waals surface area (Å²) in [4.78, 5) is 14.3. The van der Waals surface area contributed by atoms with Crippen molar-refractivity contribution < 1.29 is 13.3 Å². The lowest BCUT2D eigenvalue weighted by atomic mass is 10.0. The molecule has 3 rings (SSSR count). The van der Waals surface area contributed by atoms with Crippen LogP contribution in [0.5, 0.6) is 0 Å². The number of aromatic nitrogens is 1. The van der Waals surface area contributed by atoms with E-state index in [0.717, 1.165) is 5.56 Å². The third-order valence-corrected chi connectivity index (χ3v) is 5.48. The zero-order valence-electron chi connectivity index (χ0n) is 11.5. The molecule has 0 N–H and O–H groups in total. The minimum atomic E-state index is -3.64. The lowest BCUT2D eigenvalue weighted by molar-refractivity contribution is -0.385. The summed E-state index contributed by atoms with van der Waals surface area (Å²) in [6.45, 7) is 0.482. The van der Waals surface area contributed by atoms with Crippen LogP contribution < -0.4 is 0 Å². The number of hydrogen-bond donors (Lipinski definition) is 0. The number of hydrogen-bond acceptors (Lipinski definition) is 5. The Morgan fingerprint density at radius 2 is 2.05 bits per heavy atom. The van der Waals surface area contributed by atoms with Crippen LogP contribution in [-0.2, 0) is 23.0 Å². The summed E-state index contributed by atoms with van der Waals surface area (Å²) < 4.78 is 26.5. The van der Waals surface area contributed by atoms with Crippen molar-refractivity contribution in [1.82, 2.24) is 9.29 Å². The Hall–Kier alpha value is -2.32. The predicted molar refractivity (Wildman–Crippen MR) is 78.6 cm³/mol. The van der Waals surface area contributed by atoms with Gasteiger partial charge in [-0.05, 0) is 29.7 Å². The van der Waals surface area contributed by atoms with Gasteiger partial charge in [-0.15, -0.1) is 0 Å². The first kappa shape index (κ1) is 14.6. The van der Waals surface area contributed by atoms with Crippen molar-refractivity contribution in [2.45, 2.75) is 17.9 Å². The van der Waals surface area contributed by atoms with E-state index in [-0.39, 0.29) is 17.1 Å². The van der Waals surface area contributed by atoms with Crippen LogP contribution in [0.3, 0.4) is 0 Å². The standard InChI is InChI=1S/C14H13N3O4S/c18-17(19)13-4-3-11-5-7-16(10-12(11)8-13)22(20,21)14-2-1-6-15-9-14/h1-4,6,8-9H,5,7,10H2. The largest absolute Gasteiger partial charge is 0.269 e. The fourth-order valence-electron chi connectivity index (χ4n) is 2.49. The van der Waals surface area contributed by atoms with Crippen LogP contribution in [0, 0.1) is 10.1 Å². The highest BCUT2D eigenvalue weighted by Crippen LogP contribution is 2.27. The van der Waals surface area contributed by atoms with Crippen molar-refractivity contribution in [2.24, 2.45) is 0 Å². The third-order valence-electron chi connectivity index (χ3n) is 3.65. The molecule has 0 unspecified atom stereocenters. The molecule has 2 heterocycles. The highest BCUT2D eigenvalue weighted by atomic mass is 32.2. The quantitative estimate of drug-likeness (QED) is 0.634. The molecule has 0 saturated carbocycles. The van der Waals surface area contributed by atoms with Crippen molar-refractivity contribution in [3.8, 4) is 0 Å². The smallest absolute Gasteiger partial charge is 0.263 e. The average Bonchev–Trinajstić information content (AvgIpc) is 2.54. The number of nitrogens with zero attached hydrogens (tertiary/aromatic N) is 3. The molecule has 1 aliphatic rings. The van der Waals surface area contributed by atoms with Gasteiger partial charge in [0.1, 0.15) is 4.90 Å². The first-order chi connectivity index (χ1) is 10.5. The number of non-ortho nitro benzene ring substituents is 1. The molecule has 1 aliphatic heterocycles. The summed E-state index contributed by atoms with van der Waals surface area (Å²) in [6.07, 6.45) is 3.35. The van der Waals surface area contributed by atoms with E-state index < -0.39 is 14.9 Å². The Labute approximate surface area is 127 Å². The van der Waals surface area contributed by atoms with E-state index in [0.29, 0.717) is 18.5 Å². The summed E-state index contributed by atoms with van der Waals surface area (Å²) in [6, 6.07) is 7.65. The first-order valence-electron chi connectivity index (χ1n) is 6.65. The van der Waals surface area contributed by atoms with E-state index in [4.69, 9.17) is 0 Å². The second kappa shape index (κ2) is 5.47. The Morgan fingerprint density at radius 1 is 1.23 bits per heavy atom. The number of sulfonamides is 1. The predicted octanol–water partition coefficient (Wildman–Crippen LogP) is 1.74. The van der Waals surface area contributed by atoms with Crippen LogP contribution in [0.15, 0.2) is 47.6 Å². The molecule has 0 radical (unpaired) electrons. The Bertz CT molecular complexity index is 821. The molecular formula is C14H13N3O4S. The van der Waals surface area contributed by atoms with E-state index in [1.54, 1.807) is 12.1 Å². The van der Waals surface area contributed by atoms with Gasteiger partial charge in [-0.3, -0.25) is 15.1 Å². The zero-order valence-corrected chi connectivity index (χ0v) is 12.4. The lowest BCUT2D eigenvalue weighted by Crippen LogP contribution is -2.36. The molecule has 1 aromatic heterocycles. The maximum Gasteiger partial charge on any atom is 0.269 e. The van der Waals surface area contributed by atoms with Gasteiger partial charge in [-0.1, -0.05) is 6.07 Å². The number of pyridine rings is 1. The van der Waals surface area contributed by atoms with Crippen molar-refractivity contribution >= 4 is 15.7 Å². The lowest BCUT2D eigenvalue weighted by Gasteiger charge is -2.27. The number of rotatable bonds is 3. The summed E-state index contributed by atoms with van der Waals surface area (Å²) >= 11 is 0. The number of nitro benzene ring substituents is 1. The minimum absolute atomic E-state index is 0.0284. The van der Waals surface area contributed by atoms with Crippen molar-refractivity contribution in [3.63, 3.8) is 0 Å². The Morgan fingerprint density at radius 3 is 2.73 bits per heavy atom. The van der Waals surface area contributed by atoms with E-state index in [1.165, 1.54) is 34.9 Å². The topological polar surface area (TPSA) is 93.4 Å². The first-order valence-corrected chi connectivity index (χ1v) is 8.09. The maximum absolute atomic E-state index is 12.6. The van der Waals surface area contributed by atoms with Gasteiger partial charge in [0.25, 0.3) is 5.69 Å². The van der Waals surface area contributed by atoms with Crippen LogP contribution in [0.1, 0.15) is 11.1 Å². The van der Waals surface area contributed by atoms with Gasteiger partial charge in [-0.25, -0.2) is 8.42 Å². The van der Waals surface area contributed by atoms with Crippen molar-refractivity contribution in [2.75, 3.05) is 6.54 Å². The van der Waals surface area contributed by atoms with E-state index in [9.17, 15) is 18.5 Å². The van der Waals surface area contributed by atoms with E-state index >= 15 is 0 Å². The molecule has 8 heteroatoms. The average molecular weight is 319 g/mol. The third kappa shape index (κ3) is 2.58. The molecule has 114 valence electrons. The van der Waals surface area contributed by atoms with Gasteiger partial charge in [-0.2, -0.15) is 4.31 Å². The normalized spacial score (nSPS) is 15.3. The fourth-order valence-corrected chi connectivity index (χ4v) is 3.87. The van der Waals surface area contributed by atoms with Crippen LogP contribution >= 0.6 is 0 Å². The molecule has 1 aromatic carbocycles. The second-order valence-corrected chi connectivity index (χ2v) is 6.93. The number of fused-ring (bicyclic) bond motifs is 1. The van der Waals surface area contributed by atoms with Crippen LogP contribution in [0.2, 0.25) is 0 Å². The van der Waals surface area contributed by atoms with Gasteiger partial charge in [0, 0.05) is 37.6 Å². The molecule has 7 nitrogen and oxygen atoms in total. The summed E-state index contributed by atoms with van der Waals surface area (Å²) in [7, 11) is -3.64. The molecule has 0 saturated heterocycles. The van der Waals surface area contributed by atoms with Gasteiger partial charge in [0.05, 0.1) is 4.92 Å². The van der Waals surface area contributed by atoms with E-state index in [2.05, 4.69) is 4.98 Å². The van der Waals surface area contributed by atoms with Crippen LogP contribution in [-0.4, -0.2) is 29.2 Å². The molecular weight excluding hydrogens is 306 g/mol. The fraction of sp³-hybridized carbons (Fsp3) is 0.214. The number of benzene rings is 1. The molecule has 2 aromatic rings. The zero-order chi connectivity index (χ0) is 15.7. The van der Waals surface area contributed by atoms with Gasteiger partial charge >= 0.3 is 0 Å². The summed E-state index contributed by atoms with van der Waals surface area (Å²) in [5.74, 6) is 0. The monoisotopic (exact) mass is 319 g/mol. The summed E-state index contributed by atoms with van der Waals surface area (Å²) in [5, 5.41) is 10.9. The Balaban J connectivity index is 1.94. The highest BCUT2D eigenvalue weighted by molar-refractivity contribution is 7.89. The molecule has 0 atom stereocenters. The molecule has 0 aliphatic carbocycles. The molecule has 0 amide bonds. The molecule has 22 heavy (non-hydrogen) atoms. The summed E-state index contributed by atoms with van der Waals surface area (Å²) in [5.41, 5.74) is 1.59. The molecule has 0 bridgehead atoms. The van der Waals surface area contributed by atoms with Crippen LogP contribution in [0.25, 0.3) is 0 Å².